The number of nitrogens with one attached hydrogen (secondary N) is 1. The molecule has 0 spiro atoms. The lowest BCUT2D eigenvalue weighted by Crippen LogP contribution is -2.48. The maximum Gasteiger partial charge on any atom is 0.292 e. The van der Waals surface area contributed by atoms with E-state index in [-0.39, 0.29) is 16.5 Å². The lowest BCUT2D eigenvalue weighted by molar-refractivity contribution is -0.383. The number of anilines is 2. The van der Waals surface area contributed by atoms with Crippen LogP contribution in [0.15, 0.2) is 77.3 Å². The number of halogens is 1. The molecule has 7 nitrogen and oxygen atoms in total. The molecule has 1 heterocycles. The van der Waals surface area contributed by atoms with E-state index >= 15 is 0 Å². The second-order valence-electron chi connectivity index (χ2n) is 7.91. The van der Waals surface area contributed by atoms with Gasteiger partial charge in [0.05, 0.1) is 4.92 Å². The van der Waals surface area contributed by atoms with Gasteiger partial charge in [-0.2, -0.15) is 0 Å². The summed E-state index contributed by atoms with van der Waals surface area (Å²) in [6, 6.07) is 22.6. The van der Waals surface area contributed by atoms with Crippen molar-refractivity contribution in [1.82, 2.24) is 4.90 Å². The van der Waals surface area contributed by atoms with Gasteiger partial charge < -0.3 is 15.1 Å². The summed E-state index contributed by atoms with van der Waals surface area (Å²) in [5, 5.41) is 14.8. The van der Waals surface area contributed by atoms with E-state index < -0.39 is 0 Å². The van der Waals surface area contributed by atoms with E-state index in [4.69, 9.17) is 0 Å². The van der Waals surface area contributed by atoms with Crippen LogP contribution in [0.5, 0.6) is 0 Å². The highest BCUT2D eigenvalue weighted by Crippen LogP contribution is 2.30. The van der Waals surface area contributed by atoms with Crippen molar-refractivity contribution >= 4 is 38.9 Å². The Bertz CT molecular complexity index is 1130. The van der Waals surface area contributed by atoms with Crippen LogP contribution in [-0.2, 0) is 6.42 Å². The fourth-order valence-corrected chi connectivity index (χ4v) is 4.38. The normalized spacial score (nSPS) is 13.6. The molecule has 1 aliphatic heterocycles. The number of nitro benzene ring substituents is 1. The average molecular weight is 509 g/mol. The van der Waals surface area contributed by atoms with Gasteiger partial charge in [-0.3, -0.25) is 14.9 Å². The van der Waals surface area contributed by atoms with Crippen molar-refractivity contribution in [2.24, 2.45) is 0 Å². The van der Waals surface area contributed by atoms with E-state index in [1.807, 2.05) is 65.6 Å². The predicted molar refractivity (Wildman–Crippen MR) is 134 cm³/mol. The van der Waals surface area contributed by atoms with Crippen molar-refractivity contribution in [2.75, 3.05) is 42.9 Å². The molecule has 1 saturated heterocycles. The highest BCUT2D eigenvalue weighted by atomic mass is 79.9. The number of carbonyl (C=O) groups is 1. The maximum absolute atomic E-state index is 12.8. The molecular formula is C25H25BrN4O3. The first-order valence-electron chi connectivity index (χ1n) is 10.9. The molecule has 3 aromatic carbocycles. The number of amides is 1. The SMILES string of the molecule is O=C(c1cccc(Br)c1)N1CCN(c2ccc([N+](=O)[O-])c(NCCc3ccccc3)c2)CC1. The zero-order valence-corrected chi connectivity index (χ0v) is 19.7. The van der Waals surface area contributed by atoms with Crippen LogP contribution < -0.4 is 10.2 Å². The first-order chi connectivity index (χ1) is 16.0. The third-order valence-corrected chi connectivity index (χ3v) is 6.25. The fraction of sp³-hybridized carbons (Fsp3) is 0.240. The summed E-state index contributed by atoms with van der Waals surface area (Å²) < 4.78 is 0.880. The highest BCUT2D eigenvalue weighted by molar-refractivity contribution is 9.10. The molecule has 4 rings (SSSR count). The number of carbonyl (C=O) groups excluding carboxylic acids is 1. The Hall–Kier alpha value is -3.39. The number of piperazine rings is 1. The van der Waals surface area contributed by atoms with Crippen molar-refractivity contribution in [3.05, 3.63) is 98.5 Å². The smallest absolute Gasteiger partial charge is 0.292 e. The summed E-state index contributed by atoms with van der Waals surface area (Å²) in [7, 11) is 0. The number of rotatable bonds is 7. The van der Waals surface area contributed by atoms with Gasteiger partial charge in [0.1, 0.15) is 5.69 Å². The van der Waals surface area contributed by atoms with Crippen LogP contribution >= 0.6 is 15.9 Å². The van der Waals surface area contributed by atoms with E-state index in [2.05, 4.69) is 26.1 Å². The van der Waals surface area contributed by atoms with Crippen LogP contribution in [0.3, 0.4) is 0 Å². The molecule has 170 valence electrons. The van der Waals surface area contributed by atoms with Gasteiger partial charge in [0, 0.05) is 54.5 Å². The summed E-state index contributed by atoms with van der Waals surface area (Å²) in [6.45, 7) is 3.13. The largest absolute Gasteiger partial charge is 0.379 e. The molecule has 0 aromatic heterocycles. The minimum absolute atomic E-state index is 0.0166. The summed E-state index contributed by atoms with van der Waals surface area (Å²) in [4.78, 5) is 28.0. The Kier molecular flexibility index (Phi) is 7.24. The van der Waals surface area contributed by atoms with E-state index in [1.165, 1.54) is 5.56 Å². The predicted octanol–water partition coefficient (Wildman–Crippen LogP) is 4.97. The van der Waals surface area contributed by atoms with Crippen molar-refractivity contribution in [1.29, 1.82) is 0 Å². The molecule has 0 saturated carbocycles. The lowest BCUT2D eigenvalue weighted by Gasteiger charge is -2.36. The number of benzene rings is 3. The molecule has 1 aliphatic rings. The third-order valence-electron chi connectivity index (χ3n) is 5.75. The van der Waals surface area contributed by atoms with Crippen molar-refractivity contribution in [3.8, 4) is 0 Å². The Morgan fingerprint density at radius 2 is 1.73 bits per heavy atom. The van der Waals surface area contributed by atoms with Crippen LogP contribution in [0.25, 0.3) is 0 Å². The van der Waals surface area contributed by atoms with Crippen molar-refractivity contribution < 1.29 is 9.72 Å². The Morgan fingerprint density at radius 3 is 2.42 bits per heavy atom. The Balaban J connectivity index is 1.41. The van der Waals surface area contributed by atoms with Gasteiger partial charge in [0.25, 0.3) is 11.6 Å². The quantitative estimate of drug-likeness (QED) is 0.359. The highest BCUT2D eigenvalue weighted by Gasteiger charge is 2.24. The fourth-order valence-electron chi connectivity index (χ4n) is 3.98. The van der Waals surface area contributed by atoms with Crippen LogP contribution in [0.4, 0.5) is 17.1 Å². The Morgan fingerprint density at radius 1 is 0.970 bits per heavy atom. The third kappa shape index (κ3) is 5.70. The van der Waals surface area contributed by atoms with E-state index in [1.54, 1.807) is 12.1 Å². The molecule has 1 amide bonds. The molecule has 0 unspecified atom stereocenters. The second-order valence-corrected chi connectivity index (χ2v) is 8.83. The van der Waals surface area contributed by atoms with Crippen molar-refractivity contribution in [2.45, 2.75) is 6.42 Å². The molecule has 1 N–H and O–H groups in total. The van der Waals surface area contributed by atoms with Crippen LogP contribution in [-0.4, -0.2) is 48.5 Å². The van der Waals surface area contributed by atoms with E-state index in [0.717, 1.165) is 16.6 Å². The van der Waals surface area contributed by atoms with Crippen molar-refractivity contribution in [3.63, 3.8) is 0 Å². The molecule has 8 heteroatoms. The summed E-state index contributed by atoms with van der Waals surface area (Å²) in [6.07, 6.45) is 0.776. The zero-order chi connectivity index (χ0) is 23.2. The summed E-state index contributed by atoms with van der Waals surface area (Å²) >= 11 is 3.42. The minimum Gasteiger partial charge on any atom is -0.379 e. The summed E-state index contributed by atoms with van der Waals surface area (Å²) in [5.74, 6) is 0.0166. The summed E-state index contributed by atoms with van der Waals surface area (Å²) in [5.41, 5.74) is 3.34. The minimum atomic E-state index is -0.358. The number of hydrogen-bond acceptors (Lipinski definition) is 5. The van der Waals surface area contributed by atoms with E-state index in [9.17, 15) is 14.9 Å². The van der Waals surface area contributed by atoms with Gasteiger partial charge in [-0.25, -0.2) is 0 Å². The Labute approximate surface area is 201 Å². The lowest BCUT2D eigenvalue weighted by atomic mass is 10.1. The van der Waals surface area contributed by atoms with Gasteiger partial charge in [0.2, 0.25) is 0 Å². The molecule has 0 atom stereocenters. The molecule has 0 aliphatic carbocycles. The van der Waals surface area contributed by atoms with Gasteiger partial charge in [-0.15, -0.1) is 0 Å². The van der Waals surface area contributed by atoms with Crippen LogP contribution in [0.2, 0.25) is 0 Å². The van der Waals surface area contributed by atoms with Crippen LogP contribution in [0.1, 0.15) is 15.9 Å². The molecule has 33 heavy (non-hydrogen) atoms. The topological polar surface area (TPSA) is 78.7 Å². The first kappa shape index (κ1) is 22.8. The van der Waals surface area contributed by atoms with Gasteiger partial charge >= 0.3 is 0 Å². The van der Waals surface area contributed by atoms with Gasteiger partial charge in [0.15, 0.2) is 0 Å². The number of nitrogens with zero attached hydrogens (tertiary/aromatic N) is 3. The molecule has 3 aromatic rings. The monoisotopic (exact) mass is 508 g/mol. The van der Waals surface area contributed by atoms with Crippen LogP contribution in [0, 0.1) is 10.1 Å². The molecular weight excluding hydrogens is 484 g/mol. The first-order valence-corrected chi connectivity index (χ1v) is 11.7. The van der Waals surface area contributed by atoms with Gasteiger partial charge in [-0.05, 0) is 42.3 Å². The molecule has 1 fully saturated rings. The number of hydrogen-bond donors (Lipinski definition) is 1. The maximum atomic E-state index is 12.8. The zero-order valence-electron chi connectivity index (χ0n) is 18.1. The van der Waals surface area contributed by atoms with Gasteiger partial charge in [-0.1, -0.05) is 52.3 Å². The second kappa shape index (κ2) is 10.5. The molecule has 0 bridgehead atoms. The average Bonchev–Trinajstić information content (AvgIpc) is 2.84. The number of nitro groups is 1. The molecule has 0 radical (unpaired) electrons. The standard InChI is InChI=1S/C25H25BrN4O3/c26-21-8-4-7-20(17-21)25(31)29-15-13-28(14-16-29)22-9-10-24(30(32)33)23(18-22)27-12-11-19-5-2-1-3-6-19/h1-10,17-18,27H,11-16H2. The van der Waals surface area contributed by atoms with E-state index in [0.29, 0.717) is 44.0 Å².